The van der Waals surface area contributed by atoms with Crippen molar-refractivity contribution in [2.75, 3.05) is 0 Å². The van der Waals surface area contributed by atoms with Crippen LogP contribution in [0.4, 0.5) is 0 Å². The molecule has 1 atom stereocenters. The predicted molar refractivity (Wildman–Crippen MR) is 92.5 cm³/mol. The highest BCUT2D eigenvalue weighted by Gasteiger charge is 2.09. The van der Waals surface area contributed by atoms with Gasteiger partial charge in [-0.15, -0.1) is 6.42 Å². The second kappa shape index (κ2) is 14.9. The number of carbonyl (C=O) groups is 1. The van der Waals surface area contributed by atoms with Crippen LogP contribution < -0.4 is 0 Å². The molecule has 0 fully saturated rings. The molecule has 2 heteroatoms. The molecule has 0 aliphatic carbocycles. The standard InChI is InChI=1S/C22H8O2/c1-3-5-6-7-8-9-10-11-12-13-14-15-16-17-18-19-20-21(4-2)22(23)24/h1,21H,4H2,2H3,(H,23,24). The van der Waals surface area contributed by atoms with Crippen molar-refractivity contribution in [3.8, 4) is 107 Å². The lowest BCUT2D eigenvalue weighted by molar-refractivity contribution is -0.139. The Hall–Kier alpha value is -4.49. The summed E-state index contributed by atoms with van der Waals surface area (Å²) in [4.78, 5) is 10.7. The normalized spacial score (nSPS) is 6.67. The van der Waals surface area contributed by atoms with E-state index < -0.39 is 11.9 Å². The van der Waals surface area contributed by atoms with E-state index in [1.54, 1.807) is 6.92 Å². The molecule has 1 unspecified atom stereocenters. The van der Waals surface area contributed by atoms with Crippen LogP contribution in [0.1, 0.15) is 13.3 Å². The topological polar surface area (TPSA) is 37.3 Å². The second-order valence-corrected chi connectivity index (χ2v) is 3.46. The average Bonchev–Trinajstić information content (AvgIpc) is 2.57. The third-order valence-electron chi connectivity index (χ3n) is 1.90. The van der Waals surface area contributed by atoms with Crippen LogP contribution in [0.15, 0.2) is 0 Å². The van der Waals surface area contributed by atoms with E-state index in [1.807, 2.05) is 0 Å². The number of aliphatic carboxylic acids is 1. The van der Waals surface area contributed by atoms with Gasteiger partial charge < -0.3 is 5.11 Å². The molecular weight excluding hydrogens is 296 g/mol. The summed E-state index contributed by atoms with van der Waals surface area (Å²) in [6, 6.07) is 0. The Morgan fingerprint density at radius 1 is 0.750 bits per heavy atom. The van der Waals surface area contributed by atoms with Crippen molar-refractivity contribution in [2.45, 2.75) is 13.3 Å². The van der Waals surface area contributed by atoms with Crippen molar-refractivity contribution in [3.63, 3.8) is 0 Å². The second-order valence-electron chi connectivity index (χ2n) is 3.46. The zero-order valence-electron chi connectivity index (χ0n) is 12.7. The minimum Gasteiger partial charge on any atom is -0.480 e. The molecular formula is C22H8O2. The first-order valence-electron chi connectivity index (χ1n) is 6.41. The summed E-state index contributed by atoms with van der Waals surface area (Å²) < 4.78 is 0. The van der Waals surface area contributed by atoms with Crippen LogP contribution in [0.2, 0.25) is 0 Å². The third-order valence-corrected chi connectivity index (χ3v) is 1.90. The molecule has 0 bridgehead atoms. The molecule has 0 amide bonds. The van der Waals surface area contributed by atoms with Gasteiger partial charge in [-0.25, -0.2) is 0 Å². The Morgan fingerprint density at radius 3 is 1.38 bits per heavy atom. The minimum atomic E-state index is -0.961. The molecule has 0 aliphatic rings. The van der Waals surface area contributed by atoms with Crippen molar-refractivity contribution < 1.29 is 9.90 Å². The Bertz CT molecular complexity index is 1020. The molecule has 0 aliphatic heterocycles. The number of carboxylic acids is 1. The smallest absolute Gasteiger partial charge is 0.318 e. The van der Waals surface area contributed by atoms with E-state index in [4.69, 9.17) is 11.5 Å². The van der Waals surface area contributed by atoms with Gasteiger partial charge in [0.2, 0.25) is 0 Å². The zero-order chi connectivity index (χ0) is 17.9. The molecule has 0 radical (unpaired) electrons. The molecule has 0 spiro atoms. The molecule has 0 rings (SSSR count). The fourth-order valence-corrected chi connectivity index (χ4v) is 0.904. The molecule has 0 aromatic rings. The van der Waals surface area contributed by atoms with Crippen LogP contribution >= 0.6 is 0 Å². The van der Waals surface area contributed by atoms with Crippen molar-refractivity contribution in [1.82, 2.24) is 0 Å². The van der Waals surface area contributed by atoms with Crippen LogP contribution in [0.3, 0.4) is 0 Å². The van der Waals surface area contributed by atoms with Gasteiger partial charge in [-0.05, 0) is 101 Å². The van der Waals surface area contributed by atoms with Crippen molar-refractivity contribution in [3.05, 3.63) is 0 Å². The first kappa shape index (κ1) is 19.5. The SMILES string of the molecule is C#CC#CC#CC#CC#CC#CC#CC#CC#CC(CC)C(=O)O. The van der Waals surface area contributed by atoms with Crippen molar-refractivity contribution >= 4 is 5.97 Å². The van der Waals surface area contributed by atoms with Crippen LogP contribution in [-0.4, -0.2) is 11.1 Å². The van der Waals surface area contributed by atoms with Crippen LogP contribution in [0.5, 0.6) is 0 Å². The van der Waals surface area contributed by atoms with E-state index in [1.165, 1.54) is 0 Å². The lowest BCUT2D eigenvalue weighted by Gasteiger charge is -1.96. The number of carboxylic acid groups (broad SMARTS) is 1. The van der Waals surface area contributed by atoms with Crippen LogP contribution in [-0.2, 0) is 4.79 Å². The summed E-state index contributed by atoms with van der Waals surface area (Å²) >= 11 is 0. The quantitative estimate of drug-likeness (QED) is 0.765. The Morgan fingerprint density at radius 2 is 1.08 bits per heavy atom. The highest BCUT2D eigenvalue weighted by Crippen LogP contribution is 1.98. The van der Waals surface area contributed by atoms with Gasteiger partial charge in [-0.1, -0.05) is 12.8 Å². The molecule has 2 nitrogen and oxygen atoms in total. The van der Waals surface area contributed by atoms with E-state index in [9.17, 15) is 4.79 Å². The number of hydrogen-bond donors (Lipinski definition) is 1. The van der Waals surface area contributed by atoms with E-state index in [0.717, 1.165) is 0 Å². The molecule has 0 aromatic carbocycles. The van der Waals surface area contributed by atoms with Gasteiger partial charge in [0.25, 0.3) is 0 Å². The number of hydrogen-bond acceptors (Lipinski definition) is 1. The van der Waals surface area contributed by atoms with Gasteiger partial charge in [0, 0.05) is 0 Å². The maximum atomic E-state index is 10.7. The van der Waals surface area contributed by atoms with Crippen molar-refractivity contribution in [1.29, 1.82) is 0 Å². The Balaban J connectivity index is 4.48. The number of rotatable bonds is 2. The Kier molecular flexibility index (Phi) is 12.1. The monoisotopic (exact) mass is 304 g/mol. The van der Waals surface area contributed by atoms with Crippen LogP contribution in [0, 0.1) is 113 Å². The van der Waals surface area contributed by atoms with Crippen molar-refractivity contribution in [2.24, 2.45) is 5.92 Å². The van der Waals surface area contributed by atoms with E-state index in [-0.39, 0.29) is 0 Å². The van der Waals surface area contributed by atoms with Gasteiger partial charge in [-0.2, -0.15) is 0 Å². The summed E-state index contributed by atoms with van der Waals surface area (Å²) in [6.45, 7) is 1.74. The summed E-state index contributed by atoms with van der Waals surface area (Å²) in [7, 11) is 0. The van der Waals surface area contributed by atoms with Gasteiger partial charge in [0.05, 0.1) is 0 Å². The molecule has 0 saturated heterocycles. The van der Waals surface area contributed by atoms with E-state index >= 15 is 0 Å². The summed E-state index contributed by atoms with van der Waals surface area (Å²) in [6.07, 6.45) is 5.32. The minimum absolute atomic E-state index is 0.423. The van der Waals surface area contributed by atoms with Gasteiger partial charge in [0.15, 0.2) is 0 Å². The molecule has 108 valence electrons. The maximum absolute atomic E-state index is 10.7. The van der Waals surface area contributed by atoms with E-state index in [0.29, 0.717) is 6.42 Å². The summed E-state index contributed by atoms with van der Waals surface area (Å²) in [5.74, 6) is 39.5. The molecule has 0 heterocycles. The lowest BCUT2D eigenvalue weighted by atomic mass is 10.1. The molecule has 1 N–H and O–H groups in total. The maximum Gasteiger partial charge on any atom is 0.318 e. The van der Waals surface area contributed by atoms with Crippen LogP contribution in [0.25, 0.3) is 0 Å². The molecule has 0 aromatic heterocycles. The first-order valence-corrected chi connectivity index (χ1v) is 6.41. The summed E-state index contributed by atoms with van der Waals surface area (Å²) in [5.41, 5.74) is 0. The molecule has 24 heavy (non-hydrogen) atoms. The average molecular weight is 304 g/mol. The number of terminal acetylenes is 1. The lowest BCUT2D eigenvalue weighted by Crippen LogP contribution is -2.09. The summed E-state index contributed by atoms with van der Waals surface area (Å²) in [5, 5.41) is 8.76. The molecule has 0 saturated carbocycles. The first-order chi connectivity index (χ1) is 11.7. The zero-order valence-corrected chi connectivity index (χ0v) is 12.7. The highest BCUT2D eigenvalue weighted by molar-refractivity contribution is 5.73. The Labute approximate surface area is 142 Å². The van der Waals surface area contributed by atoms with Gasteiger partial charge in [-0.3, -0.25) is 4.79 Å². The largest absolute Gasteiger partial charge is 0.480 e. The fourth-order valence-electron chi connectivity index (χ4n) is 0.904. The highest BCUT2D eigenvalue weighted by atomic mass is 16.4. The third kappa shape index (κ3) is 12.5. The van der Waals surface area contributed by atoms with E-state index in [2.05, 4.69) is 101 Å². The van der Waals surface area contributed by atoms with Gasteiger partial charge in [0.1, 0.15) is 5.92 Å². The predicted octanol–water partition coefficient (Wildman–Crippen LogP) is 0.758. The van der Waals surface area contributed by atoms with Gasteiger partial charge >= 0.3 is 5.97 Å². The fraction of sp³-hybridized carbons (Fsp3) is 0.136.